The van der Waals surface area contributed by atoms with E-state index in [0.717, 1.165) is 51.1 Å². The Morgan fingerprint density at radius 2 is 1.82 bits per heavy atom. The zero-order chi connectivity index (χ0) is 15.4. The zero-order valence-electron chi connectivity index (χ0n) is 13.6. The summed E-state index contributed by atoms with van der Waals surface area (Å²) >= 11 is 0. The van der Waals surface area contributed by atoms with Crippen LogP contribution in [0.2, 0.25) is 0 Å². The Kier molecular flexibility index (Phi) is 5.01. The summed E-state index contributed by atoms with van der Waals surface area (Å²) in [5, 5.41) is 0. The molecule has 0 aromatic heterocycles. The summed E-state index contributed by atoms with van der Waals surface area (Å²) < 4.78 is 5.97. The van der Waals surface area contributed by atoms with E-state index >= 15 is 0 Å². The minimum Gasteiger partial charge on any atom is -0.493 e. The Morgan fingerprint density at radius 1 is 1.14 bits per heavy atom. The van der Waals surface area contributed by atoms with Gasteiger partial charge in [-0.25, -0.2) is 0 Å². The van der Waals surface area contributed by atoms with Crippen LogP contribution < -0.4 is 4.74 Å². The zero-order valence-corrected chi connectivity index (χ0v) is 13.6. The van der Waals surface area contributed by atoms with Crippen LogP contribution in [0.4, 0.5) is 0 Å². The molecule has 1 aromatic carbocycles. The average molecular weight is 301 g/mol. The van der Waals surface area contributed by atoms with Crippen molar-refractivity contribution in [2.45, 2.75) is 45.4 Å². The van der Waals surface area contributed by atoms with Crippen LogP contribution in [0.3, 0.4) is 0 Å². The van der Waals surface area contributed by atoms with Gasteiger partial charge in [-0.15, -0.1) is 0 Å². The second-order valence-corrected chi connectivity index (χ2v) is 6.83. The second kappa shape index (κ2) is 7.17. The number of nitrogens with zero attached hydrogens (tertiary/aromatic N) is 1. The minimum atomic E-state index is 0.319. The van der Waals surface area contributed by atoms with Crippen molar-refractivity contribution >= 4 is 5.91 Å². The summed E-state index contributed by atoms with van der Waals surface area (Å²) in [6.45, 7) is 4.68. The number of piperidine rings is 1. The number of benzene rings is 1. The van der Waals surface area contributed by atoms with Gasteiger partial charge >= 0.3 is 0 Å². The second-order valence-electron chi connectivity index (χ2n) is 6.83. The Bertz CT molecular complexity index is 500. The lowest BCUT2D eigenvalue weighted by atomic mass is 9.96. The first kappa shape index (κ1) is 15.4. The quantitative estimate of drug-likeness (QED) is 0.846. The van der Waals surface area contributed by atoms with E-state index in [2.05, 4.69) is 17.9 Å². The lowest BCUT2D eigenvalue weighted by molar-refractivity contribution is -0.136. The molecule has 0 bridgehead atoms. The molecule has 0 N–H and O–H groups in total. The molecule has 0 radical (unpaired) electrons. The summed E-state index contributed by atoms with van der Waals surface area (Å²) in [7, 11) is 0. The largest absolute Gasteiger partial charge is 0.493 e. The van der Waals surface area contributed by atoms with Crippen LogP contribution in [0, 0.1) is 18.8 Å². The molecule has 0 atom stereocenters. The van der Waals surface area contributed by atoms with Gasteiger partial charge in [0.25, 0.3) is 0 Å². The van der Waals surface area contributed by atoms with Crippen LogP contribution >= 0.6 is 0 Å². The first-order valence-electron chi connectivity index (χ1n) is 8.71. The maximum atomic E-state index is 12.4. The molecule has 0 unspecified atom stereocenters. The Balaban J connectivity index is 1.44. The molecular formula is C19H27NO2. The van der Waals surface area contributed by atoms with E-state index in [-0.39, 0.29) is 0 Å². The number of ether oxygens (including phenoxy) is 1. The number of likely N-dealkylation sites (tertiary alicyclic amines) is 1. The number of hydrogen-bond donors (Lipinski definition) is 0. The third kappa shape index (κ3) is 3.63. The van der Waals surface area contributed by atoms with Crippen LogP contribution in [0.5, 0.6) is 5.75 Å². The first-order chi connectivity index (χ1) is 10.7. The van der Waals surface area contributed by atoms with Crippen LogP contribution in [0.15, 0.2) is 24.3 Å². The van der Waals surface area contributed by atoms with Gasteiger partial charge in [0.2, 0.25) is 5.91 Å². The number of carbonyl (C=O) groups excluding carboxylic acids is 1. The van der Waals surface area contributed by atoms with Crippen molar-refractivity contribution in [1.82, 2.24) is 4.90 Å². The molecule has 1 amide bonds. The van der Waals surface area contributed by atoms with E-state index in [1.165, 1.54) is 18.4 Å². The fourth-order valence-electron chi connectivity index (χ4n) is 3.68. The number of hydrogen-bond acceptors (Lipinski definition) is 2. The van der Waals surface area contributed by atoms with E-state index in [0.29, 0.717) is 17.7 Å². The Labute approximate surface area is 133 Å². The van der Waals surface area contributed by atoms with Crippen molar-refractivity contribution in [2.24, 2.45) is 11.8 Å². The van der Waals surface area contributed by atoms with Gasteiger partial charge in [-0.3, -0.25) is 4.79 Å². The molecule has 1 saturated heterocycles. The number of amides is 1. The fraction of sp³-hybridized carbons (Fsp3) is 0.632. The SMILES string of the molecule is Cc1ccccc1OCC1CCN(C(=O)C2CCCC2)CC1. The predicted molar refractivity (Wildman–Crippen MR) is 87.9 cm³/mol. The van der Waals surface area contributed by atoms with Crippen molar-refractivity contribution in [3.05, 3.63) is 29.8 Å². The van der Waals surface area contributed by atoms with E-state index in [4.69, 9.17) is 4.74 Å². The normalized spacial score (nSPS) is 20.3. The number of rotatable bonds is 4. The maximum absolute atomic E-state index is 12.4. The van der Waals surface area contributed by atoms with Crippen LogP contribution in [-0.4, -0.2) is 30.5 Å². The molecule has 1 saturated carbocycles. The van der Waals surface area contributed by atoms with Crippen molar-refractivity contribution < 1.29 is 9.53 Å². The van der Waals surface area contributed by atoms with Gasteiger partial charge < -0.3 is 9.64 Å². The predicted octanol–water partition coefficient (Wildman–Crippen LogP) is 3.80. The van der Waals surface area contributed by atoms with Crippen LogP contribution in [-0.2, 0) is 4.79 Å². The molecule has 3 rings (SSSR count). The maximum Gasteiger partial charge on any atom is 0.225 e. The summed E-state index contributed by atoms with van der Waals surface area (Å²) in [5.41, 5.74) is 1.19. The van der Waals surface area contributed by atoms with Crippen LogP contribution in [0.25, 0.3) is 0 Å². The van der Waals surface area contributed by atoms with E-state index in [1.807, 2.05) is 18.2 Å². The smallest absolute Gasteiger partial charge is 0.225 e. The van der Waals surface area contributed by atoms with Crippen molar-refractivity contribution in [3.8, 4) is 5.75 Å². The molecule has 1 aliphatic carbocycles. The summed E-state index contributed by atoms with van der Waals surface area (Å²) in [6.07, 6.45) is 6.83. The van der Waals surface area contributed by atoms with Gasteiger partial charge in [-0.05, 0) is 50.2 Å². The molecule has 2 aliphatic rings. The van der Waals surface area contributed by atoms with Crippen molar-refractivity contribution in [1.29, 1.82) is 0 Å². The highest BCUT2D eigenvalue weighted by Crippen LogP contribution is 2.28. The summed E-state index contributed by atoms with van der Waals surface area (Å²) in [4.78, 5) is 14.5. The Morgan fingerprint density at radius 3 is 2.50 bits per heavy atom. The standard InChI is InChI=1S/C19H27NO2/c1-15-6-2-5-9-18(15)22-14-16-10-12-20(13-11-16)19(21)17-7-3-4-8-17/h2,5-6,9,16-17H,3-4,7-8,10-14H2,1H3. The number of aryl methyl sites for hydroxylation is 1. The molecule has 3 nitrogen and oxygen atoms in total. The van der Waals surface area contributed by atoms with Gasteiger partial charge in [-0.2, -0.15) is 0 Å². The number of carbonyl (C=O) groups is 1. The molecule has 2 fully saturated rings. The van der Waals surface area contributed by atoms with Crippen molar-refractivity contribution in [3.63, 3.8) is 0 Å². The monoisotopic (exact) mass is 301 g/mol. The lowest BCUT2D eigenvalue weighted by Gasteiger charge is -2.33. The van der Waals surface area contributed by atoms with E-state index in [9.17, 15) is 4.79 Å². The highest BCUT2D eigenvalue weighted by molar-refractivity contribution is 5.79. The highest BCUT2D eigenvalue weighted by atomic mass is 16.5. The topological polar surface area (TPSA) is 29.5 Å². The Hall–Kier alpha value is -1.51. The van der Waals surface area contributed by atoms with Gasteiger partial charge in [-0.1, -0.05) is 31.0 Å². The lowest BCUT2D eigenvalue weighted by Crippen LogP contribution is -2.42. The molecule has 0 spiro atoms. The molecule has 3 heteroatoms. The first-order valence-corrected chi connectivity index (χ1v) is 8.71. The summed E-state index contributed by atoms with van der Waals surface area (Å²) in [6, 6.07) is 8.17. The fourth-order valence-corrected chi connectivity index (χ4v) is 3.68. The van der Waals surface area contributed by atoms with E-state index < -0.39 is 0 Å². The van der Waals surface area contributed by atoms with Gasteiger partial charge in [0.15, 0.2) is 0 Å². The number of para-hydroxylation sites is 1. The third-order valence-electron chi connectivity index (χ3n) is 5.20. The molecule has 1 heterocycles. The average Bonchev–Trinajstić information content (AvgIpc) is 3.08. The van der Waals surface area contributed by atoms with Gasteiger partial charge in [0, 0.05) is 19.0 Å². The molecule has 1 aliphatic heterocycles. The minimum absolute atomic E-state index is 0.319. The summed E-state index contributed by atoms with van der Waals surface area (Å²) in [5.74, 6) is 2.30. The third-order valence-corrected chi connectivity index (χ3v) is 5.20. The molecule has 120 valence electrons. The van der Waals surface area contributed by atoms with Crippen LogP contribution in [0.1, 0.15) is 44.1 Å². The molecular weight excluding hydrogens is 274 g/mol. The van der Waals surface area contributed by atoms with Gasteiger partial charge in [0.1, 0.15) is 5.75 Å². The van der Waals surface area contributed by atoms with Crippen molar-refractivity contribution in [2.75, 3.05) is 19.7 Å². The van der Waals surface area contributed by atoms with E-state index in [1.54, 1.807) is 0 Å². The molecule has 1 aromatic rings. The van der Waals surface area contributed by atoms with Gasteiger partial charge in [0.05, 0.1) is 6.61 Å². The molecule has 22 heavy (non-hydrogen) atoms. The highest BCUT2D eigenvalue weighted by Gasteiger charge is 2.30.